The Bertz CT molecular complexity index is 1150. The summed E-state index contributed by atoms with van der Waals surface area (Å²) in [7, 11) is 8.72. The van der Waals surface area contributed by atoms with Crippen molar-refractivity contribution in [2.75, 3.05) is 56.9 Å². The first-order valence-electron chi connectivity index (χ1n) is 11.8. The third kappa shape index (κ3) is 12.6. The predicted molar refractivity (Wildman–Crippen MR) is 170 cm³/mol. The molecule has 0 saturated carbocycles. The van der Waals surface area contributed by atoms with Crippen LogP contribution < -0.4 is 0 Å². The Morgan fingerprint density at radius 1 is 0.250 bits per heavy atom. The van der Waals surface area contributed by atoms with Gasteiger partial charge >= 0.3 is 322 Å². The van der Waals surface area contributed by atoms with E-state index in [1.54, 1.807) is 0 Å². The Morgan fingerprint density at radius 2 is 0.333 bits per heavy atom. The van der Waals surface area contributed by atoms with Crippen molar-refractivity contribution in [3.8, 4) is 0 Å². The second kappa shape index (κ2) is 23.4. The zero-order chi connectivity index (χ0) is 36.6. The molecule has 264 valence electrons. The molecule has 0 radical (unpaired) electrons. The van der Waals surface area contributed by atoms with Crippen LogP contribution in [0.4, 0.5) is 0 Å². The predicted octanol–water partition coefficient (Wildman–Crippen LogP) is -4.48. The summed E-state index contributed by atoms with van der Waals surface area (Å²) in [6.45, 7) is 0. The van der Waals surface area contributed by atoms with Crippen molar-refractivity contribution < 1.29 is 76.3 Å². The molecule has 1 rings (SSSR count). The number of carbonyl (C=O) groups excluding carboxylic acids is 8. The third-order valence-corrected chi connectivity index (χ3v) is 35.1. The Kier molecular flexibility index (Phi) is 21.9. The summed E-state index contributed by atoms with van der Waals surface area (Å²) in [5.41, 5.74) is 0. The Morgan fingerprint density at radius 3 is 0.396 bits per heavy atom. The summed E-state index contributed by atoms with van der Waals surface area (Å²) in [6, 6.07) is 0. The van der Waals surface area contributed by atoms with E-state index in [0.717, 1.165) is 56.9 Å². The van der Waals surface area contributed by atoms with Gasteiger partial charge in [0, 0.05) is 0 Å². The number of carbonyl (C=O) groups is 8. The second-order valence-corrected chi connectivity index (χ2v) is 31.4. The van der Waals surface area contributed by atoms with Gasteiger partial charge in [-0.3, -0.25) is 0 Å². The molecule has 0 aromatic rings. The quantitative estimate of drug-likeness (QED) is 0.128. The van der Waals surface area contributed by atoms with Crippen LogP contribution in [0.5, 0.6) is 0 Å². The molecule has 0 amide bonds. The SMILES string of the molecule is COC(=O)/C1=C(\C(=O)OC)[Se][Se]/C(C(=O)OC)=C(\C(=O)OC)[Se][Se]/C(C(=O)OC)=C(\C(=O)OC)[Se][Se]/C(C(=O)OC)=C(\C(=O)OC)[Se][Se]1. The summed E-state index contributed by atoms with van der Waals surface area (Å²) in [4.78, 5) is 105. The molecular weight excluding hydrogens is 1180 g/mol. The zero-order valence-electron chi connectivity index (χ0n) is 25.8. The second-order valence-electron chi connectivity index (χ2n) is 7.23. The van der Waals surface area contributed by atoms with E-state index in [1.807, 2.05) is 0 Å². The number of hydrogen-bond acceptors (Lipinski definition) is 16. The van der Waals surface area contributed by atoms with Gasteiger partial charge in [-0.2, -0.15) is 0 Å². The van der Waals surface area contributed by atoms with Crippen molar-refractivity contribution in [2.24, 2.45) is 0 Å². The number of esters is 8. The summed E-state index contributed by atoms with van der Waals surface area (Å²) in [5.74, 6) is -7.24. The molecule has 0 aliphatic carbocycles. The normalized spacial score (nSPS) is 21.2. The van der Waals surface area contributed by atoms with Crippen molar-refractivity contribution >= 4 is 153 Å². The van der Waals surface area contributed by atoms with Crippen LogP contribution in [0.15, 0.2) is 35.8 Å². The molecule has 1 aliphatic rings. The van der Waals surface area contributed by atoms with Gasteiger partial charge in [0.25, 0.3) is 0 Å². The summed E-state index contributed by atoms with van der Waals surface area (Å²) >= 11 is -8.25. The van der Waals surface area contributed by atoms with E-state index in [-0.39, 0.29) is 35.8 Å². The Hall–Kier alpha value is -1.12. The average molecular weight is 1200 g/mol. The van der Waals surface area contributed by atoms with Crippen LogP contribution in [0.1, 0.15) is 0 Å². The van der Waals surface area contributed by atoms with Gasteiger partial charge in [-0.25, -0.2) is 0 Å². The fourth-order valence-electron chi connectivity index (χ4n) is 2.39. The Labute approximate surface area is 318 Å². The number of rotatable bonds is 8. The van der Waals surface area contributed by atoms with Crippen molar-refractivity contribution in [1.82, 2.24) is 0 Å². The van der Waals surface area contributed by atoms with E-state index in [9.17, 15) is 38.4 Å². The van der Waals surface area contributed by atoms with Crippen LogP contribution >= 0.6 is 0 Å². The van der Waals surface area contributed by atoms with Gasteiger partial charge in [0.1, 0.15) is 0 Å². The molecule has 0 N–H and O–H groups in total. The van der Waals surface area contributed by atoms with Crippen LogP contribution in [-0.2, 0) is 76.3 Å². The molecule has 24 heteroatoms. The van der Waals surface area contributed by atoms with Gasteiger partial charge in [-0.1, -0.05) is 0 Å². The fraction of sp³-hybridized carbons (Fsp3) is 0.333. The fourth-order valence-corrected chi connectivity index (χ4v) is 44.2. The van der Waals surface area contributed by atoms with Gasteiger partial charge in [0.05, 0.1) is 0 Å². The van der Waals surface area contributed by atoms with Crippen molar-refractivity contribution in [3.05, 3.63) is 35.8 Å². The molecule has 48 heavy (non-hydrogen) atoms. The molecule has 0 atom stereocenters. The first-order valence-corrected chi connectivity index (χ1v) is 36.0. The Balaban J connectivity index is 4.39. The van der Waals surface area contributed by atoms with E-state index in [4.69, 9.17) is 37.9 Å². The molecule has 0 spiro atoms. The van der Waals surface area contributed by atoms with Gasteiger partial charge in [0.2, 0.25) is 0 Å². The van der Waals surface area contributed by atoms with Crippen LogP contribution in [-0.4, -0.2) is 210 Å². The minimum absolute atomic E-state index is 0.115. The molecule has 16 nitrogen and oxygen atoms in total. The number of ether oxygens (including phenoxy) is 8. The molecule has 1 aliphatic heterocycles. The van der Waals surface area contributed by atoms with Gasteiger partial charge in [-0.15, -0.1) is 0 Å². The first kappa shape index (κ1) is 44.9. The van der Waals surface area contributed by atoms with Gasteiger partial charge in [-0.05, 0) is 0 Å². The standard InChI is InChI=1S/C24H24O16Se8/c1-33-17(25)9-10(18(26)34-2)42-44-13(21(29)37-5)14(22(30)38-6)46-48-16(24(32)40-8)15(23(31)39-7)47-45-12(20(28)36-4)11(43-41-9)19(27)35-3/h1-8H3/b10-9-,12-11+,14-13+,16-15+. The van der Waals surface area contributed by atoms with E-state index in [0.29, 0.717) is 0 Å². The van der Waals surface area contributed by atoms with Crippen LogP contribution in [0, 0.1) is 0 Å². The third-order valence-electron chi connectivity index (χ3n) is 4.62. The molecule has 0 fully saturated rings. The van der Waals surface area contributed by atoms with Gasteiger partial charge in [0.15, 0.2) is 0 Å². The van der Waals surface area contributed by atoms with E-state index in [1.165, 1.54) is 0 Å². The zero-order valence-corrected chi connectivity index (χ0v) is 39.5. The summed E-state index contributed by atoms with van der Waals surface area (Å²) < 4.78 is 38.7. The van der Waals surface area contributed by atoms with Gasteiger partial charge < -0.3 is 0 Å². The number of hydrogen-bond donors (Lipinski definition) is 0. The maximum atomic E-state index is 13.1. The minimum atomic E-state index is -1.03. The van der Waals surface area contributed by atoms with E-state index in [2.05, 4.69) is 0 Å². The maximum absolute atomic E-state index is 13.1. The van der Waals surface area contributed by atoms with Crippen molar-refractivity contribution in [2.45, 2.75) is 0 Å². The monoisotopic (exact) mass is 1210 g/mol. The van der Waals surface area contributed by atoms with Crippen LogP contribution in [0.2, 0.25) is 0 Å². The molecule has 1 heterocycles. The van der Waals surface area contributed by atoms with E-state index < -0.39 is 153 Å². The number of methoxy groups -OCH3 is 8. The summed E-state index contributed by atoms with van der Waals surface area (Å²) in [5, 5.41) is 0. The first-order chi connectivity index (χ1) is 22.8. The van der Waals surface area contributed by atoms with Crippen molar-refractivity contribution in [1.29, 1.82) is 0 Å². The molecule has 0 bridgehead atoms. The molecule has 0 saturated heterocycles. The summed E-state index contributed by atoms with van der Waals surface area (Å²) in [6.07, 6.45) is 0. The average Bonchev–Trinajstić information content (AvgIpc) is 3.11. The topological polar surface area (TPSA) is 210 Å². The van der Waals surface area contributed by atoms with Crippen LogP contribution in [0.3, 0.4) is 0 Å². The van der Waals surface area contributed by atoms with Crippen molar-refractivity contribution in [3.63, 3.8) is 0 Å². The molecule has 0 unspecified atom stereocenters. The van der Waals surface area contributed by atoms with Crippen LogP contribution in [0.25, 0.3) is 0 Å². The van der Waals surface area contributed by atoms with E-state index >= 15 is 0 Å². The molecular formula is C24H24O16Se8. The molecule has 0 aromatic heterocycles. The molecule has 0 aromatic carbocycles.